The molecule has 7 heteroatoms. The number of nitrogen functional groups attached to an aromatic ring is 1. The summed E-state index contributed by atoms with van der Waals surface area (Å²) in [6.07, 6.45) is -2.54. The number of hydrogen-bond donors (Lipinski definition) is 2. The van der Waals surface area contributed by atoms with Gasteiger partial charge < -0.3 is 11.5 Å². The van der Waals surface area contributed by atoms with E-state index in [-0.39, 0.29) is 11.5 Å². The Morgan fingerprint density at radius 3 is 2.53 bits per heavy atom. The van der Waals surface area contributed by atoms with Crippen molar-refractivity contribution in [2.75, 3.05) is 12.3 Å². The van der Waals surface area contributed by atoms with E-state index >= 15 is 0 Å². The van der Waals surface area contributed by atoms with E-state index in [1.165, 1.54) is 24.4 Å². The lowest BCUT2D eigenvalue weighted by Crippen LogP contribution is -2.13. The van der Waals surface area contributed by atoms with Crippen LogP contribution in [0.2, 0.25) is 0 Å². The normalized spacial score (nSPS) is 11.8. The van der Waals surface area contributed by atoms with Crippen molar-refractivity contribution in [3.63, 3.8) is 0 Å². The first-order chi connectivity index (χ1) is 8.95. The van der Waals surface area contributed by atoms with Gasteiger partial charge in [-0.2, -0.15) is 18.3 Å². The van der Waals surface area contributed by atoms with Crippen molar-refractivity contribution in [3.05, 3.63) is 41.6 Å². The van der Waals surface area contributed by atoms with Crippen molar-refractivity contribution in [2.24, 2.45) is 5.73 Å². The standard InChI is InChI=1S/C12H13F3N4/c13-12(14,15)9-3-1-2-4-10(9)19-11(17)8(5-6-16)7-18-19/h1-4,7H,5-6,16-17H2. The van der Waals surface area contributed by atoms with Gasteiger partial charge in [0.1, 0.15) is 5.82 Å². The Morgan fingerprint density at radius 2 is 1.89 bits per heavy atom. The molecule has 19 heavy (non-hydrogen) atoms. The van der Waals surface area contributed by atoms with Crippen LogP contribution in [0, 0.1) is 0 Å². The SMILES string of the molecule is NCCc1cnn(-c2ccccc2C(F)(F)F)c1N. The number of anilines is 1. The monoisotopic (exact) mass is 270 g/mol. The van der Waals surface area contributed by atoms with E-state index in [1.807, 2.05) is 0 Å². The highest BCUT2D eigenvalue weighted by Crippen LogP contribution is 2.34. The van der Waals surface area contributed by atoms with Crippen LogP contribution >= 0.6 is 0 Å². The van der Waals surface area contributed by atoms with Crippen LogP contribution in [0.3, 0.4) is 0 Å². The summed E-state index contributed by atoms with van der Waals surface area (Å²) in [4.78, 5) is 0. The van der Waals surface area contributed by atoms with Crippen LogP contribution in [0.25, 0.3) is 5.69 Å². The van der Waals surface area contributed by atoms with Gasteiger partial charge in [-0.25, -0.2) is 4.68 Å². The van der Waals surface area contributed by atoms with Gasteiger partial charge in [-0.1, -0.05) is 12.1 Å². The van der Waals surface area contributed by atoms with Gasteiger partial charge in [0.25, 0.3) is 0 Å². The average molecular weight is 270 g/mol. The van der Waals surface area contributed by atoms with Crippen molar-refractivity contribution in [1.29, 1.82) is 0 Å². The van der Waals surface area contributed by atoms with Crippen LogP contribution in [0.1, 0.15) is 11.1 Å². The Bertz CT molecular complexity index is 575. The van der Waals surface area contributed by atoms with Gasteiger partial charge in [-0.05, 0) is 25.1 Å². The molecule has 0 fully saturated rings. The molecule has 0 unspecified atom stereocenters. The van der Waals surface area contributed by atoms with Gasteiger partial charge in [-0.15, -0.1) is 0 Å². The summed E-state index contributed by atoms with van der Waals surface area (Å²) in [6.45, 7) is 0.358. The summed E-state index contributed by atoms with van der Waals surface area (Å²) in [5.74, 6) is 0.183. The first kappa shape index (κ1) is 13.4. The number of nitrogens with zero attached hydrogens (tertiary/aromatic N) is 2. The highest BCUT2D eigenvalue weighted by molar-refractivity contribution is 5.51. The second-order valence-corrected chi connectivity index (χ2v) is 4.02. The van der Waals surface area contributed by atoms with Crippen LogP contribution in [-0.2, 0) is 12.6 Å². The summed E-state index contributed by atoms with van der Waals surface area (Å²) in [5, 5.41) is 3.91. The Hall–Kier alpha value is -2.02. The molecule has 4 nitrogen and oxygen atoms in total. The minimum absolute atomic E-state index is 0.0872. The molecule has 0 saturated heterocycles. The van der Waals surface area contributed by atoms with E-state index in [9.17, 15) is 13.2 Å². The molecule has 0 saturated carbocycles. The maximum Gasteiger partial charge on any atom is 0.418 e. The molecule has 0 radical (unpaired) electrons. The second kappa shape index (κ2) is 4.93. The van der Waals surface area contributed by atoms with Crippen LogP contribution in [-0.4, -0.2) is 16.3 Å². The largest absolute Gasteiger partial charge is 0.418 e. The number of benzene rings is 1. The zero-order valence-corrected chi connectivity index (χ0v) is 9.98. The van der Waals surface area contributed by atoms with Crippen LogP contribution in [0.5, 0.6) is 0 Å². The van der Waals surface area contributed by atoms with Crippen molar-refractivity contribution in [3.8, 4) is 5.69 Å². The third-order valence-electron chi connectivity index (χ3n) is 2.74. The number of rotatable bonds is 3. The van der Waals surface area contributed by atoms with Crippen LogP contribution in [0.4, 0.5) is 19.0 Å². The first-order valence-corrected chi connectivity index (χ1v) is 5.64. The van der Waals surface area contributed by atoms with Gasteiger partial charge in [-0.3, -0.25) is 0 Å². The minimum Gasteiger partial charge on any atom is -0.383 e. The number of para-hydroxylation sites is 1. The lowest BCUT2D eigenvalue weighted by molar-refractivity contribution is -0.137. The van der Waals surface area contributed by atoms with Crippen molar-refractivity contribution in [1.82, 2.24) is 9.78 Å². The van der Waals surface area contributed by atoms with E-state index in [0.29, 0.717) is 18.5 Å². The molecule has 2 aromatic rings. The van der Waals surface area contributed by atoms with Gasteiger partial charge in [0, 0.05) is 5.56 Å². The Morgan fingerprint density at radius 1 is 1.21 bits per heavy atom. The average Bonchev–Trinajstić information content (AvgIpc) is 2.71. The number of nitrogens with two attached hydrogens (primary N) is 2. The van der Waals surface area contributed by atoms with E-state index in [1.54, 1.807) is 0 Å². The van der Waals surface area contributed by atoms with Crippen molar-refractivity contribution in [2.45, 2.75) is 12.6 Å². The van der Waals surface area contributed by atoms with E-state index < -0.39 is 11.7 Å². The van der Waals surface area contributed by atoms with Crippen molar-refractivity contribution < 1.29 is 13.2 Å². The maximum absolute atomic E-state index is 12.9. The summed E-state index contributed by atoms with van der Waals surface area (Å²) in [5.41, 5.74) is 11.0. The highest BCUT2D eigenvalue weighted by Gasteiger charge is 2.34. The fourth-order valence-electron chi connectivity index (χ4n) is 1.83. The third kappa shape index (κ3) is 2.55. The molecule has 1 aromatic carbocycles. The fourth-order valence-corrected chi connectivity index (χ4v) is 1.83. The summed E-state index contributed by atoms with van der Waals surface area (Å²) < 4.78 is 39.8. The number of hydrogen-bond acceptors (Lipinski definition) is 3. The minimum atomic E-state index is -4.46. The predicted molar refractivity (Wildman–Crippen MR) is 65.7 cm³/mol. The molecule has 1 heterocycles. The summed E-state index contributed by atoms with van der Waals surface area (Å²) in [7, 11) is 0. The summed E-state index contributed by atoms with van der Waals surface area (Å²) >= 11 is 0. The molecule has 4 N–H and O–H groups in total. The molecule has 0 aliphatic heterocycles. The molecule has 0 aliphatic carbocycles. The smallest absolute Gasteiger partial charge is 0.383 e. The second-order valence-electron chi connectivity index (χ2n) is 4.02. The Kier molecular flexibility index (Phi) is 3.48. The predicted octanol–water partition coefficient (Wildman–Crippen LogP) is 1.97. The van der Waals surface area contributed by atoms with Crippen LogP contribution < -0.4 is 11.5 Å². The number of halogens is 3. The van der Waals surface area contributed by atoms with E-state index in [0.717, 1.165) is 10.7 Å². The molecule has 0 aliphatic rings. The quantitative estimate of drug-likeness (QED) is 0.895. The lowest BCUT2D eigenvalue weighted by atomic mass is 10.1. The highest BCUT2D eigenvalue weighted by atomic mass is 19.4. The molecule has 0 spiro atoms. The van der Waals surface area contributed by atoms with Crippen LogP contribution in [0.15, 0.2) is 30.5 Å². The zero-order valence-electron chi connectivity index (χ0n) is 9.98. The lowest BCUT2D eigenvalue weighted by Gasteiger charge is -2.13. The zero-order chi connectivity index (χ0) is 14.0. The number of aromatic nitrogens is 2. The molecule has 1 aromatic heterocycles. The Balaban J connectivity index is 2.54. The van der Waals surface area contributed by atoms with Gasteiger partial charge >= 0.3 is 6.18 Å². The molecule has 102 valence electrons. The fraction of sp³-hybridized carbons (Fsp3) is 0.250. The topological polar surface area (TPSA) is 69.9 Å². The van der Waals surface area contributed by atoms with E-state index in [2.05, 4.69) is 5.10 Å². The summed E-state index contributed by atoms with van der Waals surface area (Å²) in [6, 6.07) is 5.17. The van der Waals surface area contributed by atoms with E-state index in [4.69, 9.17) is 11.5 Å². The molecule has 0 bridgehead atoms. The third-order valence-corrected chi connectivity index (χ3v) is 2.74. The molecule has 0 atom stereocenters. The van der Waals surface area contributed by atoms with Gasteiger partial charge in [0.15, 0.2) is 0 Å². The molecular formula is C12H13F3N4. The molecule has 2 rings (SSSR count). The van der Waals surface area contributed by atoms with Gasteiger partial charge in [0.2, 0.25) is 0 Å². The van der Waals surface area contributed by atoms with Gasteiger partial charge in [0.05, 0.1) is 17.4 Å². The molecule has 0 amide bonds. The van der Waals surface area contributed by atoms with Crippen molar-refractivity contribution >= 4 is 5.82 Å². The maximum atomic E-state index is 12.9. The number of alkyl halides is 3. The first-order valence-electron chi connectivity index (χ1n) is 5.64. The Labute approximate surface area is 107 Å². The molecular weight excluding hydrogens is 257 g/mol.